The number of benzene rings is 1. The Kier molecular flexibility index (Phi) is 4.01. The maximum absolute atomic E-state index is 14.0. The van der Waals surface area contributed by atoms with E-state index in [0.29, 0.717) is 22.6 Å². The number of halogens is 1. The Bertz CT molecular complexity index is 760. The van der Waals surface area contributed by atoms with Crippen LogP contribution in [0.1, 0.15) is 12.8 Å². The molecular formula is C17H18FN3O3. The Morgan fingerprint density at radius 2 is 2.08 bits per heavy atom. The Morgan fingerprint density at radius 1 is 1.42 bits per heavy atom. The van der Waals surface area contributed by atoms with Crippen LogP contribution >= 0.6 is 0 Å². The second kappa shape index (κ2) is 5.99. The molecule has 24 heavy (non-hydrogen) atoms. The lowest BCUT2D eigenvalue weighted by Crippen LogP contribution is -2.42. The zero-order chi connectivity index (χ0) is 17.3. The first kappa shape index (κ1) is 16.0. The first-order valence-electron chi connectivity index (χ1n) is 7.52. The highest BCUT2D eigenvalue weighted by Gasteiger charge is 2.49. The van der Waals surface area contributed by atoms with Gasteiger partial charge in [-0.3, -0.25) is 0 Å². The van der Waals surface area contributed by atoms with Crippen LogP contribution in [0.3, 0.4) is 0 Å². The van der Waals surface area contributed by atoms with Crippen molar-refractivity contribution < 1.29 is 19.0 Å². The van der Waals surface area contributed by atoms with Crippen LogP contribution in [0.5, 0.6) is 5.75 Å². The molecule has 1 aromatic heterocycles. The van der Waals surface area contributed by atoms with Crippen LogP contribution in [-0.2, 0) is 0 Å². The van der Waals surface area contributed by atoms with E-state index >= 15 is 0 Å². The van der Waals surface area contributed by atoms with Gasteiger partial charge in [-0.15, -0.1) is 0 Å². The summed E-state index contributed by atoms with van der Waals surface area (Å²) in [5.41, 5.74) is 6.68. The van der Waals surface area contributed by atoms with Crippen LogP contribution in [0.25, 0.3) is 11.1 Å². The molecule has 0 saturated heterocycles. The van der Waals surface area contributed by atoms with Gasteiger partial charge in [0, 0.05) is 18.3 Å². The lowest BCUT2D eigenvalue weighted by Gasteiger charge is -2.25. The molecule has 1 saturated carbocycles. The molecule has 6 nitrogen and oxygen atoms in total. The average Bonchev–Trinajstić information content (AvgIpc) is 3.35. The van der Waals surface area contributed by atoms with Gasteiger partial charge < -0.3 is 20.5 Å². The molecule has 1 aromatic carbocycles. The van der Waals surface area contributed by atoms with Gasteiger partial charge >= 0.3 is 6.09 Å². The summed E-state index contributed by atoms with van der Waals surface area (Å²) >= 11 is 0. The third kappa shape index (κ3) is 3.10. The number of rotatable bonds is 5. The Balaban J connectivity index is 1.77. The van der Waals surface area contributed by atoms with Crippen molar-refractivity contribution in [3.63, 3.8) is 0 Å². The minimum absolute atomic E-state index is 0.213. The van der Waals surface area contributed by atoms with E-state index < -0.39 is 17.6 Å². The van der Waals surface area contributed by atoms with E-state index in [1.54, 1.807) is 30.3 Å². The van der Waals surface area contributed by atoms with Crippen LogP contribution in [0.4, 0.5) is 14.9 Å². The number of nitrogens with zero attached hydrogens (tertiary/aromatic N) is 2. The van der Waals surface area contributed by atoms with Crippen molar-refractivity contribution in [2.45, 2.75) is 18.4 Å². The number of carboxylic acid groups (broad SMARTS) is 1. The highest BCUT2D eigenvalue weighted by molar-refractivity contribution is 5.67. The molecule has 0 atom stereocenters. The number of nitrogen functional groups attached to an aromatic ring is 1. The van der Waals surface area contributed by atoms with Crippen LogP contribution in [0.15, 0.2) is 36.5 Å². The zero-order valence-electron chi connectivity index (χ0n) is 13.2. The number of hydrogen-bond donors (Lipinski definition) is 2. The Morgan fingerprint density at radius 3 is 2.67 bits per heavy atom. The van der Waals surface area contributed by atoms with Crippen molar-refractivity contribution in [3.8, 4) is 16.9 Å². The fourth-order valence-electron chi connectivity index (χ4n) is 2.51. The van der Waals surface area contributed by atoms with Gasteiger partial charge in [0.15, 0.2) is 0 Å². The van der Waals surface area contributed by atoms with Gasteiger partial charge in [0.1, 0.15) is 12.4 Å². The number of carbonyl (C=O) groups is 1. The number of hydrogen-bond acceptors (Lipinski definition) is 4. The number of ether oxygens (including phenoxy) is 1. The van der Waals surface area contributed by atoms with Gasteiger partial charge in [-0.25, -0.2) is 9.78 Å². The third-order valence-corrected chi connectivity index (χ3v) is 4.37. The van der Waals surface area contributed by atoms with E-state index in [9.17, 15) is 9.18 Å². The van der Waals surface area contributed by atoms with Crippen LogP contribution < -0.4 is 10.5 Å². The Labute approximate surface area is 138 Å². The summed E-state index contributed by atoms with van der Waals surface area (Å²) in [4.78, 5) is 16.1. The molecule has 0 aliphatic heterocycles. The third-order valence-electron chi connectivity index (χ3n) is 4.37. The molecule has 1 amide bonds. The summed E-state index contributed by atoms with van der Waals surface area (Å²) in [6, 6.07) is 8.34. The molecular weight excluding hydrogens is 313 g/mol. The fourth-order valence-corrected chi connectivity index (χ4v) is 2.51. The number of amides is 1. The summed E-state index contributed by atoms with van der Waals surface area (Å²) in [6.45, 7) is 0.213. The molecule has 1 fully saturated rings. The molecule has 1 aliphatic carbocycles. The molecule has 126 valence electrons. The van der Waals surface area contributed by atoms with E-state index in [0.717, 1.165) is 12.8 Å². The van der Waals surface area contributed by atoms with Crippen molar-refractivity contribution in [2.24, 2.45) is 0 Å². The fraction of sp³-hybridized carbons (Fsp3) is 0.294. The molecule has 3 rings (SSSR count). The van der Waals surface area contributed by atoms with Crippen LogP contribution in [-0.4, -0.2) is 40.3 Å². The average molecular weight is 331 g/mol. The predicted octanol–water partition coefficient (Wildman–Crippen LogP) is 2.99. The summed E-state index contributed by atoms with van der Waals surface area (Å²) < 4.78 is 19.7. The number of aromatic nitrogens is 1. The molecule has 7 heteroatoms. The molecule has 1 heterocycles. The van der Waals surface area contributed by atoms with E-state index in [-0.39, 0.29) is 6.61 Å². The smallest absolute Gasteiger partial charge is 0.407 e. The van der Waals surface area contributed by atoms with Gasteiger partial charge in [0.2, 0.25) is 5.95 Å². The summed E-state index contributed by atoms with van der Waals surface area (Å²) in [5.74, 6) is -0.204. The quantitative estimate of drug-likeness (QED) is 0.649. The standard InChI is InChI=1S/C17H18FN3O3/c1-21(16(22)23)17(6-7-17)10-24-13-8-14(15(18)20-9-13)11-2-4-12(19)5-3-11/h2-5,8-9H,6-7,10,19H2,1H3,(H,22,23). The molecule has 0 bridgehead atoms. The molecule has 2 aromatic rings. The topological polar surface area (TPSA) is 88.7 Å². The van der Waals surface area contributed by atoms with Crippen LogP contribution in [0.2, 0.25) is 0 Å². The maximum atomic E-state index is 14.0. The molecule has 3 N–H and O–H groups in total. The molecule has 1 aliphatic rings. The highest BCUT2D eigenvalue weighted by atomic mass is 19.1. The van der Waals surface area contributed by atoms with E-state index in [2.05, 4.69) is 4.98 Å². The lowest BCUT2D eigenvalue weighted by atomic mass is 10.1. The second-order valence-corrected chi connectivity index (χ2v) is 5.99. The monoisotopic (exact) mass is 331 g/mol. The number of likely N-dealkylation sites (N-methyl/N-ethyl adjacent to an activating group) is 1. The van der Waals surface area contributed by atoms with Crippen molar-refractivity contribution in [3.05, 3.63) is 42.5 Å². The minimum Gasteiger partial charge on any atom is -0.489 e. The van der Waals surface area contributed by atoms with E-state index in [1.807, 2.05) is 0 Å². The second-order valence-electron chi connectivity index (χ2n) is 5.99. The zero-order valence-corrected chi connectivity index (χ0v) is 13.2. The molecule has 0 unspecified atom stereocenters. The van der Waals surface area contributed by atoms with Gasteiger partial charge in [0.25, 0.3) is 0 Å². The van der Waals surface area contributed by atoms with Crippen LogP contribution in [0, 0.1) is 5.95 Å². The van der Waals surface area contributed by atoms with E-state index in [4.69, 9.17) is 15.6 Å². The molecule has 0 spiro atoms. The van der Waals surface area contributed by atoms with Gasteiger partial charge in [0.05, 0.1) is 11.7 Å². The van der Waals surface area contributed by atoms with Crippen molar-refractivity contribution in [1.82, 2.24) is 9.88 Å². The normalized spacial score (nSPS) is 14.9. The van der Waals surface area contributed by atoms with Gasteiger partial charge in [-0.2, -0.15) is 4.39 Å². The first-order valence-corrected chi connectivity index (χ1v) is 7.52. The predicted molar refractivity (Wildman–Crippen MR) is 87.3 cm³/mol. The van der Waals surface area contributed by atoms with Gasteiger partial charge in [-0.1, -0.05) is 12.1 Å². The largest absolute Gasteiger partial charge is 0.489 e. The van der Waals surface area contributed by atoms with Crippen molar-refractivity contribution in [2.75, 3.05) is 19.4 Å². The Hall–Kier alpha value is -2.83. The SMILES string of the molecule is CN(C(=O)O)C1(COc2cnc(F)c(-c3ccc(N)cc3)c2)CC1. The molecule has 0 radical (unpaired) electrons. The number of anilines is 1. The van der Waals surface area contributed by atoms with E-state index in [1.165, 1.54) is 18.1 Å². The van der Waals surface area contributed by atoms with Crippen molar-refractivity contribution in [1.29, 1.82) is 0 Å². The minimum atomic E-state index is -0.990. The van der Waals surface area contributed by atoms with Crippen molar-refractivity contribution >= 4 is 11.8 Å². The summed E-state index contributed by atoms with van der Waals surface area (Å²) in [5, 5.41) is 9.10. The van der Waals surface area contributed by atoms with Gasteiger partial charge in [-0.05, 0) is 36.6 Å². The summed E-state index contributed by atoms with van der Waals surface area (Å²) in [6.07, 6.45) is 1.80. The maximum Gasteiger partial charge on any atom is 0.407 e. The lowest BCUT2D eigenvalue weighted by molar-refractivity contribution is 0.109. The highest BCUT2D eigenvalue weighted by Crippen LogP contribution is 2.41. The number of pyridine rings is 1. The first-order chi connectivity index (χ1) is 11.4. The summed E-state index contributed by atoms with van der Waals surface area (Å²) in [7, 11) is 1.53. The number of nitrogens with two attached hydrogens (primary N) is 1.